The molecule has 2 nitrogen and oxygen atoms in total. The summed E-state index contributed by atoms with van der Waals surface area (Å²) in [5.74, 6) is -0.0151. The normalized spacial score (nSPS) is 10.8. The van der Waals surface area contributed by atoms with E-state index in [-0.39, 0.29) is 16.0 Å². The average Bonchev–Trinajstić information content (AvgIpc) is 2.49. The molecule has 0 fully saturated rings. The summed E-state index contributed by atoms with van der Waals surface area (Å²) in [5, 5.41) is 0. The van der Waals surface area contributed by atoms with Crippen molar-refractivity contribution in [1.29, 1.82) is 0 Å². The van der Waals surface area contributed by atoms with Crippen molar-refractivity contribution >= 4 is 21.7 Å². The van der Waals surface area contributed by atoms with Gasteiger partial charge in [-0.2, -0.15) is 0 Å². The highest BCUT2D eigenvalue weighted by atomic mass is 79.9. The van der Waals surface area contributed by atoms with Gasteiger partial charge in [-0.15, -0.1) is 0 Å². The van der Waals surface area contributed by atoms with Gasteiger partial charge < -0.3 is 4.74 Å². The highest BCUT2D eigenvalue weighted by molar-refractivity contribution is 9.10. The first-order chi connectivity index (χ1) is 9.93. The van der Waals surface area contributed by atoms with Crippen molar-refractivity contribution in [1.82, 2.24) is 0 Å². The van der Waals surface area contributed by atoms with E-state index >= 15 is 0 Å². The van der Waals surface area contributed by atoms with E-state index in [1.807, 2.05) is 12.1 Å². The fraction of sp³-hybridized carbons (Fsp3) is 0.235. The molecule has 21 heavy (non-hydrogen) atoms. The molecule has 0 unspecified atom stereocenters. The number of ether oxygens (including phenoxy) is 1. The number of halogens is 2. The minimum atomic E-state index is -0.460. The van der Waals surface area contributed by atoms with E-state index in [4.69, 9.17) is 4.74 Å². The molecule has 110 valence electrons. The molecule has 0 atom stereocenters. The van der Waals surface area contributed by atoms with Gasteiger partial charge in [-0.05, 0) is 33.5 Å². The Morgan fingerprint density at radius 3 is 2.33 bits per heavy atom. The quantitative estimate of drug-likeness (QED) is 0.729. The first kappa shape index (κ1) is 15.7. The maximum absolute atomic E-state index is 13.5. The molecule has 2 aromatic carbocycles. The van der Waals surface area contributed by atoms with Crippen LogP contribution in [0.2, 0.25) is 0 Å². The Morgan fingerprint density at radius 1 is 1.19 bits per heavy atom. The molecule has 0 aliphatic rings. The van der Waals surface area contributed by atoms with Crippen molar-refractivity contribution in [3.8, 4) is 5.75 Å². The third-order valence-corrected chi connectivity index (χ3v) is 3.93. The van der Waals surface area contributed by atoms with Crippen molar-refractivity contribution in [2.45, 2.75) is 19.8 Å². The SMILES string of the molecule is COc1cc(F)c(Br)cc1C(=O)c1ccc(C(C)C)cc1. The summed E-state index contributed by atoms with van der Waals surface area (Å²) in [6, 6.07) is 10.1. The molecule has 0 spiro atoms. The maximum atomic E-state index is 13.5. The average molecular weight is 351 g/mol. The summed E-state index contributed by atoms with van der Waals surface area (Å²) in [7, 11) is 1.42. The predicted molar refractivity (Wildman–Crippen MR) is 84.6 cm³/mol. The summed E-state index contributed by atoms with van der Waals surface area (Å²) >= 11 is 3.10. The number of ketones is 1. The van der Waals surface area contributed by atoms with Crippen LogP contribution < -0.4 is 4.74 Å². The second-order valence-corrected chi connectivity index (χ2v) is 5.93. The summed E-state index contributed by atoms with van der Waals surface area (Å²) in [4.78, 5) is 12.5. The predicted octanol–water partition coefficient (Wildman–Crippen LogP) is 4.95. The number of benzene rings is 2. The van der Waals surface area contributed by atoms with E-state index in [1.54, 1.807) is 12.1 Å². The minimum Gasteiger partial charge on any atom is -0.496 e. The summed E-state index contributed by atoms with van der Waals surface area (Å²) in [5.41, 5.74) is 2.05. The molecule has 0 amide bonds. The van der Waals surface area contributed by atoms with Crippen LogP contribution >= 0.6 is 15.9 Å². The Hall–Kier alpha value is -1.68. The number of rotatable bonds is 4. The van der Waals surface area contributed by atoms with Crippen LogP contribution in [-0.4, -0.2) is 12.9 Å². The minimum absolute atomic E-state index is 0.192. The molecular weight excluding hydrogens is 335 g/mol. The Balaban J connectivity index is 2.42. The standard InChI is InChI=1S/C17H16BrFO2/c1-10(2)11-4-6-12(7-5-11)17(20)13-8-14(18)15(19)9-16(13)21-3/h4-10H,1-3H3. The highest BCUT2D eigenvalue weighted by Gasteiger charge is 2.17. The first-order valence-electron chi connectivity index (χ1n) is 6.61. The zero-order valence-corrected chi connectivity index (χ0v) is 13.7. The topological polar surface area (TPSA) is 26.3 Å². The van der Waals surface area contributed by atoms with E-state index in [2.05, 4.69) is 29.8 Å². The number of hydrogen-bond donors (Lipinski definition) is 0. The molecule has 4 heteroatoms. The molecule has 0 aliphatic carbocycles. The summed E-state index contributed by atoms with van der Waals surface area (Å²) in [6.07, 6.45) is 0. The van der Waals surface area contributed by atoms with Gasteiger partial charge in [-0.1, -0.05) is 38.1 Å². The van der Waals surface area contributed by atoms with Gasteiger partial charge in [-0.3, -0.25) is 4.79 Å². The van der Waals surface area contributed by atoms with Crippen molar-refractivity contribution < 1.29 is 13.9 Å². The van der Waals surface area contributed by atoms with E-state index in [1.165, 1.54) is 24.8 Å². The zero-order chi connectivity index (χ0) is 15.6. The molecule has 0 aromatic heterocycles. The third kappa shape index (κ3) is 3.32. The van der Waals surface area contributed by atoms with Crippen molar-refractivity contribution in [2.75, 3.05) is 7.11 Å². The lowest BCUT2D eigenvalue weighted by molar-refractivity contribution is 0.103. The fourth-order valence-electron chi connectivity index (χ4n) is 2.05. The molecule has 2 aromatic rings. The molecule has 0 aliphatic heterocycles. The smallest absolute Gasteiger partial charge is 0.196 e. The van der Waals surface area contributed by atoms with Gasteiger partial charge in [0.05, 0.1) is 17.1 Å². The van der Waals surface area contributed by atoms with Crippen LogP contribution in [0.4, 0.5) is 4.39 Å². The molecule has 0 heterocycles. The molecule has 0 radical (unpaired) electrons. The molecule has 0 saturated carbocycles. The van der Waals surface area contributed by atoms with Crippen molar-refractivity contribution in [2.24, 2.45) is 0 Å². The molecule has 0 saturated heterocycles. The van der Waals surface area contributed by atoms with E-state index < -0.39 is 5.82 Å². The fourth-order valence-corrected chi connectivity index (χ4v) is 2.39. The lowest BCUT2D eigenvalue weighted by atomic mass is 9.97. The number of hydrogen-bond acceptors (Lipinski definition) is 2. The van der Waals surface area contributed by atoms with Gasteiger partial charge in [-0.25, -0.2) is 4.39 Å². The van der Waals surface area contributed by atoms with Crippen LogP contribution in [0.5, 0.6) is 5.75 Å². The molecule has 0 N–H and O–H groups in total. The van der Waals surface area contributed by atoms with Crippen LogP contribution in [0.3, 0.4) is 0 Å². The Bertz CT molecular complexity index is 663. The zero-order valence-electron chi connectivity index (χ0n) is 12.1. The largest absolute Gasteiger partial charge is 0.496 e. The van der Waals surface area contributed by atoms with Gasteiger partial charge in [0, 0.05) is 11.6 Å². The highest BCUT2D eigenvalue weighted by Crippen LogP contribution is 2.28. The van der Waals surface area contributed by atoms with Gasteiger partial charge in [0.2, 0.25) is 0 Å². The number of carbonyl (C=O) groups excluding carboxylic acids is 1. The first-order valence-corrected chi connectivity index (χ1v) is 7.41. The maximum Gasteiger partial charge on any atom is 0.196 e. The van der Waals surface area contributed by atoms with Crippen LogP contribution in [0.15, 0.2) is 40.9 Å². The second-order valence-electron chi connectivity index (χ2n) is 5.07. The van der Waals surface area contributed by atoms with E-state index in [0.717, 1.165) is 0 Å². The molecular formula is C17H16BrFO2. The Kier molecular flexibility index (Phi) is 4.78. The van der Waals surface area contributed by atoms with Crippen molar-refractivity contribution in [3.63, 3.8) is 0 Å². The van der Waals surface area contributed by atoms with Gasteiger partial charge >= 0.3 is 0 Å². The Morgan fingerprint density at radius 2 is 1.81 bits per heavy atom. The number of carbonyl (C=O) groups is 1. The Labute approximate surface area is 132 Å². The van der Waals surface area contributed by atoms with Gasteiger partial charge in [0.25, 0.3) is 0 Å². The third-order valence-electron chi connectivity index (χ3n) is 3.33. The van der Waals surface area contributed by atoms with Gasteiger partial charge in [0.1, 0.15) is 11.6 Å². The van der Waals surface area contributed by atoms with E-state index in [0.29, 0.717) is 17.0 Å². The monoisotopic (exact) mass is 350 g/mol. The van der Waals surface area contributed by atoms with Gasteiger partial charge in [0.15, 0.2) is 5.78 Å². The van der Waals surface area contributed by atoms with E-state index in [9.17, 15) is 9.18 Å². The summed E-state index contributed by atoms with van der Waals surface area (Å²) in [6.45, 7) is 4.19. The van der Waals surface area contributed by atoms with Crippen LogP contribution in [0.1, 0.15) is 41.3 Å². The molecule has 2 rings (SSSR count). The second kappa shape index (κ2) is 6.39. The van der Waals surface area contributed by atoms with Crippen LogP contribution in [0.25, 0.3) is 0 Å². The van der Waals surface area contributed by atoms with Crippen LogP contribution in [-0.2, 0) is 0 Å². The lowest BCUT2D eigenvalue weighted by Crippen LogP contribution is -2.05. The summed E-state index contributed by atoms with van der Waals surface area (Å²) < 4.78 is 18.9. The molecule has 0 bridgehead atoms. The number of methoxy groups -OCH3 is 1. The van der Waals surface area contributed by atoms with Crippen molar-refractivity contribution in [3.05, 3.63) is 63.4 Å². The lowest BCUT2D eigenvalue weighted by Gasteiger charge is -2.10. The van der Waals surface area contributed by atoms with Crippen LogP contribution in [0, 0.1) is 5.82 Å².